The number of para-hydroxylation sites is 1. The topological polar surface area (TPSA) is 12.4 Å². The average molecular weight is 359 g/mol. The summed E-state index contributed by atoms with van der Waals surface area (Å²) in [4.78, 5) is 4.10. The molecule has 0 aliphatic rings. The van der Waals surface area contributed by atoms with Gasteiger partial charge in [0.15, 0.2) is 0 Å². The molecule has 0 bridgehead atoms. The van der Waals surface area contributed by atoms with Crippen molar-refractivity contribution in [3.63, 3.8) is 0 Å². The second kappa shape index (κ2) is 10.7. The molecule has 0 fully saturated rings. The van der Waals surface area contributed by atoms with E-state index in [4.69, 9.17) is 0 Å². The van der Waals surface area contributed by atoms with Crippen LogP contribution in [0.3, 0.4) is 0 Å². The van der Waals surface area contributed by atoms with Crippen LogP contribution in [-0.2, 0) is 21.1 Å². The van der Waals surface area contributed by atoms with E-state index in [2.05, 4.69) is 17.3 Å². The van der Waals surface area contributed by atoms with Crippen LogP contribution in [0.25, 0.3) is 0 Å². The van der Waals surface area contributed by atoms with Gasteiger partial charge in [-0.15, -0.1) is 0 Å². The zero-order chi connectivity index (χ0) is 10.1. The van der Waals surface area contributed by atoms with Gasteiger partial charge in [-0.25, -0.2) is 11.8 Å². The summed E-state index contributed by atoms with van der Waals surface area (Å²) in [6.07, 6.45) is 2.96. The van der Waals surface area contributed by atoms with Crippen molar-refractivity contribution >= 4 is 11.9 Å². The van der Waals surface area contributed by atoms with Crippen LogP contribution in [0.15, 0.2) is 29.3 Å². The Morgan fingerprint density at radius 3 is 2.36 bits per heavy atom. The van der Waals surface area contributed by atoms with Gasteiger partial charge in [0.1, 0.15) is 0 Å². The molecule has 0 unspecified atom stereocenters. The number of nitrogens with zero attached hydrogens (tertiary/aromatic N) is 1. The van der Waals surface area contributed by atoms with Crippen LogP contribution in [0.2, 0.25) is 0 Å². The number of hydrogen-bond donors (Lipinski definition) is 0. The zero-order valence-corrected chi connectivity index (χ0v) is 12.2. The van der Waals surface area contributed by atoms with Gasteiger partial charge in [0.25, 0.3) is 0 Å². The van der Waals surface area contributed by atoms with Crippen LogP contribution in [0, 0.1) is 12.0 Å². The second-order valence-electron chi connectivity index (χ2n) is 2.64. The van der Waals surface area contributed by atoms with Crippen molar-refractivity contribution in [3.8, 4) is 0 Å². The maximum atomic E-state index is 4.10. The van der Waals surface area contributed by atoms with Crippen molar-refractivity contribution in [3.05, 3.63) is 30.3 Å². The standard InChI is InChI=1S/C10H11N.C2H6.W/c1-9(2)8-11-10-6-4-3-5-7-10;1-2;/h3-6,9H,1-2H3;1-2H3;/q-2;;+2. The fourth-order valence-electron chi connectivity index (χ4n) is 0.652. The third kappa shape index (κ3) is 8.19. The Morgan fingerprint density at radius 1 is 1.29 bits per heavy atom. The fourth-order valence-corrected chi connectivity index (χ4v) is 0.652. The van der Waals surface area contributed by atoms with E-state index < -0.39 is 0 Å². The van der Waals surface area contributed by atoms with Crippen molar-refractivity contribution in [2.45, 2.75) is 27.7 Å². The molecule has 0 amide bonds. The molecule has 1 aromatic carbocycles. The monoisotopic (exact) mass is 359 g/mol. The van der Waals surface area contributed by atoms with Gasteiger partial charge in [0.05, 0.1) is 0 Å². The summed E-state index contributed by atoms with van der Waals surface area (Å²) < 4.78 is 0. The van der Waals surface area contributed by atoms with E-state index in [1.807, 2.05) is 52.0 Å². The van der Waals surface area contributed by atoms with Crippen LogP contribution in [0.5, 0.6) is 0 Å². The maximum absolute atomic E-state index is 4.10. The SMILES string of the molecule is CC.CC(C)[C-]=Nc1[c-]cccc1.[W+2]. The average Bonchev–Trinajstić information content (AvgIpc) is 2.19. The minimum absolute atomic E-state index is 0. The number of aliphatic imine (C=N–C) groups is 1. The molecular weight excluding hydrogens is 342 g/mol. The van der Waals surface area contributed by atoms with Gasteiger partial charge in [0, 0.05) is 0 Å². The third-order valence-electron chi connectivity index (χ3n) is 1.14. The van der Waals surface area contributed by atoms with E-state index in [9.17, 15) is 0 Å². The number of rotatable bonds is 2. The summed E-state index contributed by atoms with van der Waals surface area (Å²) in [5, 5.41) is 0. The molecule has 1 aromatic rings. The Kier molecular flexibility index (Phi) is 12.2. The van der Waals surface area contributed by atoms with Crippen LogP contribution in [0.4, 0.5) is 5.69 Å². The van der Waals surface area contributed by atoms with E-state index >= 15 is 0 Å². The molecule has 0 aliphatic carbocycles. The summed E-state index contributed by atoms with van der Waals surface area (Å²) in [6, 6.07) is 10.6. The largest absolute Gasteiger partial charge is 2.00 e. The molecule has 0 heterocycles. The Labute approximate surface area is 102 Å². The predicted molar refractivity (Wildman–Crippen MR) is 58.6 cm³/mol. The molecule has 1 nitrogen and oxygen atoms in total. The molecule has 2 heteroatoms. The van der Waals surface area contributed by atoms with Crippen molar-refractivity contribution in [2.75, 3.05) is 0 Å². The first kappa shape index (κ1) is 16.0. The summed E-state index contributed by atoms with van der Waals surface area (Å²) in [6.45, 7) is 8.10. The van der Waals surface area contributed by atoms with Gasteiger partial charge < -0.3 is 4.99 Å². The fraction of sp³-hybridized carbons (Fsp3) is 0.417. The van der Waals surface area contributed by atoms with E-state index in [0.717, 1.165) is 5.69 Å². The van der Waals surface area contributed by atoms with Gasteiger partial charge in [-0.2, -0.15) is 24.4 Å². The molecule has 14 heavy (non-hydrogen) atoms. The number of hydrogen-bond acceptors (Lipinski definition) is 1. The van der Waals surface area contributed by atoms with Gasteiger partial charge >= 0.3 is 21.1 Å². The zero-order valence-electron chi connectivity index (χ0n) is 9.24. The Hall–Kier alpha value is -0.422. The van der Waals surface area contributed by atoms with Gasteiger partial charge in [0.2, 0.25) is 0 Å². The Balaban J connectivity index is 0. The second-order valence-corrected chi connectivity index (χ2v) is 2.64. The summed E-state index contributed by atoms with van der Waals surface area (Å²) in [5.41, 5.74) is 0.848. The third-order valence-corrected chi connectivity index (χ3v) is 1.14. The molecule has 76 valence electrons. The van der Waals surface area contributed by atoms with E-state index in [1.54, 1.807) is 0 Å². The molecule has 0 saturated heterocycles. The molecule has 0 atom stereocenters. The minimum atomic E-state index is 0. The molecule has 1 rings (SSSR count). The Morgan fingerprint density at radius 2 is 1.93 bits per heavy atom. The molecule has 0 aromatic heterocycles. The van der Waals surface area contributed by atoms with E-state index in [0.29, 0.717) is 5.92 Å². The molecule has 0 saturated carbocycles. The van der Waals surface area contributed by atoms with Gasteiger partial charge in [-0.1, -0.05) is 33.6 Å². The van der Waals surface area contributed by atoms with E-state index in [-0.39, 0.29) is 21.1 Å². The summed E-state index contributed by atoms with van der Waals surface area (Å²) >= 11 is 0. The first-order valence-electron chi connectivity index (χ1n) is 4.72. The van der Waals surface area contributed by atoms with Crippen LogP contribution in [-0.4, -0.2) is 6.21 Å². The first-order chi connectivity index (χ1) is 6.29. The summed E-state index contributed by atoms with van der Waals surface area (Å²) in [5.74, 6) is 0.378. The van der Waals surface area contributed by atoms with E-state index in [1.165, 1.54) is 0 Å². The smallest absolute Gasteiger partial charge is 0.481 e. The van der Waals surface area contributed by atoms with Crippen LogP contribution in [0.1, 0.15) is 27.7 Å². The molecule has 0 spiro atoms. The molecule has 0 radical (unpaired) electrons. The van der Waals surface area contributed by atoms with Crippen LogP contribution >= 0.6 is 0 Å². The van der Waals surface area contributed by atoms with Crippen LogP contribution < -0.4 is 0 Å². The Bertz CT molecular complexity index is 229. The quantitative estimate of drug-likeness (QED) is 0.564. The first-order valence-corrected chi connectivity index (χ1v) is 4.72. The summed E-state index contributed by atoms with van der Waals surface area (Å²) in [7, 11) is 0. The number of benzene rings is 1. The van der Waals surface area contributed by atoms with Crippen molar-refractivity contribution in [2.24, 2.45) is 10.9 Å². The van der Waals surface area contributed by atoms with Crippen molar-refractivity contribution < 1.29 is 21.1 Å². The minimum Gasteiger partial charge on any atom is -0.481 e. The van der Waals surface area contributed by atoms with Gasteiger partial charge in [-0.05, 0) is 0 Å². The van der Waals surface area contributed by atoms with Gasteiger partial charge in [-0.3, -0.25) is 6.07 Å². The van der Waals surface area contributed by atoms with Crippen molar-refractivity contribution in [1.82, 2.24) is 0 Å². The molecular formula is C12H17NW. The molecule has 0 N–H and O–H groups in total. The predicted octanol–water partition coefficient (Wildman–Crippen LogP) is 3.75. The maximum Gasteiger partial charge on any atom is 2.00 e. The molecule has 0 aliphatic heterocycles. The van der Waals surface area contributed by atoms with Crippen molar-refractivity contribution in [1.29, 1.82) is 0 Å². The normalized spacial score (nSPS) is 9.21.